The number of nitrogens with zero attached hydrogens (tertiary/aromatic N) is 1. The fourth-order valence-corrected chi connectivity index (χ4v) is 2.65. The Morgan fingerprint density at radius 3 is 2.13 bits per heavy atom. The molecule has 4 heteroatoms. The van der Waals surface area contributed by atoms with E-state index in [9.17, 15) is 9.59 Å². The first-order valence-electron chi connectivity index (χ1n) is 8.62. The Morgan fingerprint density at radius 2 is 1.70 bits per heavy atom. The van der Waals surface area contributed by atoms with Gasteiger partial charge in [-0.05, 0) is 37.3 Å². The summed E-state index contributed by atoms with van der Waals surface area (Å²) in [5.41, 5.74) is 3.30. The molecule has 0 aliphatic heterocycles. The van der Waals surface area contributed by atoms with Gasteiger partial charge in [0, 0.05) is 31.6 Å². The fraction of sp³-hybridized carbons (Fsp3) is 0.579. The molecule has 0 saturated carbocycles. The van der Waals surface area contributed by atoms with E-state index in [2.05, 4.69) is 31.3 Å². The van der Waals surface area contributed by atoms with Crippen molar-refractivity contribution in [3.05, 3.63) is 29.3 Å². The lowest BCUT2D eigenvalue weighted by Crippen LogP contribution is -2.37. The zero-order valence-electron chi connectivity index (χ0n) is 15.1. The van der Waals surface area contributed by atoms with Gasteiger partial charge in [-0.15, -0.1) is 0 Å². The molecule has 1 aromatic rings. The van der Waals surface area contributed by atoms with Crippen LogP contribution in [0, 0.1) is 0 Å². The first-order valence-corrected chi connectivity index (χ1v) is 8.62. The minimum absolute atomic E-state index is 0.00220. The molecule has 0 bridgehead atoms. The van der Waals surface area contributed by atoms with Crippen LogP contribution in [0.5, 0.6) is 0 Å². The maximum absolute atomic E-state index is 12.2. The summed E-state index contributed by atoms with van der Waals surface area (Å²) in [7, 11) is 0. The van der Waals surface area contributed by atoms with Gasteiger partial charge >= 0.3 is 0 Å². The Morgan fingerprint density at radius 1 is 1.13 bits per heavy atom. The number of carbonyl (C=O) groups excluding carboxylic acids is 2. The third-order valence-corrected chi connectivity index (χ3v) is 4.20. The van der Waals surface area contributed by atoms with E-state index in [-0.39, 0.29) is 17.9 Å². The average Bonchev–Trinajstić information content (AvgIpc) is 2.54. The summed E-state index contributed by atoms with van der Waals surface area (Å²) in [6, 6.07) is 6.32. The molecule has 0 spiro atoms. The van der Waals surface area contributed by atoms with Gasteiger partial charge in [0.25, 0.3) is 0 Å². The Bertz CT molecular complexity index is 518. The highest BCUT2D eigenvalue weighted by atomic mass is 16.2. The Kier molecular flexibility index (Phi) is 7.79. The third-order valence-electron chi connectivity index (χ3n) is 4.20. The molecule has 0 aliphatic rings. The Balaban J connectivity index is 2.96. The van der Waals surface area contributed by atoms with Crippen LogP contribution in [-0.2, 0) is 22.4 Å². The van der Waals surface area contributed by atoms with E-state index in [1.807, 2.05) is 19.9 Å². The SMILES string of the molecule is CCc1cccc(CC)c1N(CCC(=O)NC(C)CC)C(C)=O. The number of rotatable bonds is 8. The first-order chi connectivity index (χ1) is 10.9. The van der Waals surface area contributed by atoms with Crippen LogP contribution in [-0.4, -0.2) is 24.4 Å². The van der Waals surface area contributed by atoms with Crippen molar-refractivity contribution in [3.8, 4) is 0 Å². The van der Waals surface area contributed by atoms with Crippen LogP contribution in [0.2, 0.25) is 0 Å². The lowest BCUT2D eigenvalue weighted by molar-refractivity contribution is -0.121. The van der Waals surface area contributed by atoms with Crippen LogP contribution < -0.4 is 10.2 Å². The standard InChI is InChI=1S/C19H30N2O2/c1-6-14(4)20-18(23)12-13-21(15(5)22)19-16(7-2)10-9-11-17(19)8-3/h9-11,14H,6-8,12-13H2,1-5H3,(H,20,23). The van der Waals surface area contributed by atoms with E-state index in [1.54, 1.807) is 11.8 Å². The van der Waals surface area contributed by atoms with E-state index < -0.39 is 0 Å². The maximum Gasteiger partial charge on any atom is 0.223 e. The number of hydrogen-bond acceptors (Lipinski definition) is 2. The smallest absolute Gasteiger partial charge is 0.223 e. The summed E-state index contributed by atoms with van der Waals surface area (Å²) in [5, 5.41) is 2.96. The van der Waals surface area contributed by atoms with Crippen molar-refractivity contribution in [2.75, 3.05) is 11.4 Å². The van der Waals surface area contributed by atoms with Gasteiger partial charge in [0.2, 0.25) is 11.8 Å². The lowest BCUT2D eigenvalue weighted by atomic mass is 10.0. The van der Waals surface area contributed by atoms with Gasteiger partial charge in [-0.2, -0.15) is 0 Å². The molecule has 1 atom stereocenters. The van der Waals surface area contributed by atoms with Crippen molar-refractivity contribution in [1.29, 1.82) is 0 Å². The highest BCUT2D eigenvalue weighted by molar-refractivity contribution is 5.94. The number of benzene rings is 1. The highest BCUT2D eigenvalue weighted by Crippen LogP contribution is 2.27. The molecule has 128 valence electrons. The molecule has 0 heterocycles. The van der Waals surface area contributed by atoms with Gasteiger partial charge in [-0.1, -0.05) is 39.0 Å². The van der Waals surface area contributed by atoms with Crippen molar-refractivity contribution in [1.82, 2.24) is 5.32 Å². The number of aryl methyl sites for hydroxylation is 2. The number of nitrogens with one attached hydrogen (secondary N) is 1. The van der Waals surface area contributed by atoms with Crippen LogP contribution >= 0.6 is 0 Å². The number of hydrogen-bond donors (Lipinski definition) is 1. The van der Waals surface area contributed by atoms with Gasteiger partial charge in [0.15, 0.2) is 0 Å². The first kappa shape index (κ1) is 19.2. The number of amides is 2. The minimum Gasteiger partial charge on any atom is -0.354 e. The van der Waals surface area contributed by atoms with Gasteiger partial charge in [-0.3, -0.25) is 9.59 Å². The van der Waals surface area contributed by atoms with Crippen molar-refractivity contribution in [2.45, 2.75) is 66.3 Å². The predicted molar refractivity (Wildman–Crippen MR) is 95.7 cm³/mol. The molecule has 1 unspecified atom stereocenters. The normalized spacial score (nSPS) is 11.9. The highest BCUT2D eigenvalue weighted by Gasteiger charge is 2.19. The van der Waals surface area contributed by atoms with Crippen LogP contribution in [0.1, 0.15) is 58.6 Å². The topological polar surface area (TPSA) is 49.4 Å². The molecule has 0 aliphatic carbocycles. The zero-order chi connectivity index (χ0) is 17.4. The van der Waals surface area contributed by atoms with Gasteiger partial charge in [0.05, 0.1) is 0 Å². The molecule has 0 fully saturated rings. The van der Waals surface area contributed by atoms with Gasteiger partial charge in [0.1, 0.15) is 0 Å². The summed E-state index contributed by atoms with van der Waals surface area (Å²) in [6.45, 7) is 10.2. The molecule has 1 rings (SSSR count). The minimum atomic E-state index is -0.0167. The predicted octanol–water partition coefficient (Wildman–Crippen LogP) is 3.47. The van der Waals surface area contributed by atoms with E-state index in [0.29, 0.717) is 13.0 Å². The van der Waals surface area contributed by atoms with E-state index in [0.717, 1.165) is 36.1 Å². The van der Waals surface area contributed by atoms with Crippen LogP contribution in [0.4, 0.5) is 5.69 Å². The van der Waals surface area contributed by atoms with E-state index in [1.165, 1.54) is 0 Å². The summed E-state index contributed by atoms with van der Waals surface area (Å²) in [6.07, 6.45) is 2.96. The summed E-state index contributed by atoms with van der Waals surface area (Å²) in [4.78, 5) is 26.0. The lowest BCUT2D eigenvalue weighted by Gasteiger charge is -2.26. The largest absolute Gasteiger partial charge is 0.354 e. The summed E-state index contributed by atoms with van der Waals surface area (Å²) >= 11 is 0. The van der Waals surface area contributed by atoms with Gasteiger partial charge < -0.3 is 10.2 Å². The molecule has 0 radical (unpaired) electrons. The maximum atomic E-state index is 12.2. The zero-order valence-corrected chi connectivity index (χ0v) is 15.1. The van der Waals surface area contributed by atoms with E-state index >= 15 is 0 Å². The van der Waals surface area contributed by atoms with Crippen LogP contribution in [0.15, 0.2) is 18.2 Å². The molecule has 1 aromatic carbocycles. The fourth-order valence-electron chi connectivity index (χ4n) is 2.65. The van der Waals surface area contributed by atoms with Crippen molar-refractivity contribution < 1.29 is 9.59 Å². The number of carbonyl (C=O) groups is 2. The van der Waals surface area contributed by atoms with Crippen molar-refractivity contribution >= 4 is 17.5 Å². The Hall–Kier alpha value is -1.84. The summed E-state index contributed by atoms with van der Waals surface area (Å²) < 4.78 is 0. The molecule has 4 nitrogen and oxygen atoms in total. The molecule has 1 N–H and O–H groups in total. The van der Waals surface area contributed by atoms with Gasteiger partial charge in [-0.25, -0.2) is 0 Å². The van der Waals surface area contributed by atoms with E-state index in [4.69, 9.17) is 0 Å². The van der Waals surface area contributed by atoms with Crippen molar-refractivity contribution in [3.63, 3.8) is 0 Å². The quantitative estimate of drug-likeness (QED) is 0.798. The van der Waals surface area contributed by atoms with Crippen LogP contribution in [0.3, 0.4) is 0 Å². The second-order valence-electron chi connectivity index (χ2n) is 5.93. The number of anilines is 1. The monoisotopic (exact) mass is 318 g/mol. The Labute approximate surface area is 140 Å². The van der Waals surface area contributed by atoms with Crippen molar-refractivity contribution in [2.24, 2.45) is 0 Å². The molecule has 2 amide bonds. The average molecular weight is 318 g/mol. The summed E-state index contributed by atoms with van der Waals surface area (Å²) in [5.74, 6) is -0.0189. The molecule has 0 saturated heterocycles. The second-order valence-corrected chi connectivity index (χ2v) is 5.93. The molecular formula is C19H30N2O2. The molecular weight excluding hydrogens is 288 g/mol. The molecule has 0 aromatic heterocycles. The number of para-hydroxylation sites is 1. The second kappa shape index (κ2) is 9.33. The molecule has 23 heavy (non-hydrogen) atoms. The van der Waals surface area contributed by atoms with Crippen LogP contribution in [0.25, 0.3) is 0 Å². The third kappa shape index (κ3) is 5.38.